The van der Waals surface area contributed by atoms with Crippen molar-refractivity contribution in [2.24, 2.45) is 0 Å². The summed E-state index contributed by atoms with van der Waals surface area (Å²) < 4.78 is 4.75. The van der Waals surface area contributed by atoms with E-state index in [0.29, 0.717) is 5.56 Å². The standard InChI is InChI=1S/C11H13NO4/c1-3-16-11(15)8-6-7(10(14)12-2)4-5-9(8)13/h4-6,13H,3H2,1-2H3,(H,12,14). The van der Waals surface area contributed by atoms with Gasteiger partial charge in [0.25, 0.3) is 5.91 Å². The molecule has 0 atom stereocenters. The third-order valence-corrected chi connectivity index (χ3v) is 1.98. The summed E-state index contributed by atoms with van der Waals surface area (Å²) >= 11 is 0. The average Bonchev–Trinajstić information content (AvgIpc) is 2.29. The van der Waals surface area contributed by atoms with Crippen LogP contribution in [0.4, 0.5) is 0 Å². The van der Waals surface area contributed by atoms with Crippen molar-refractivity contribution < 1.29 is 19.4 Å². The molecule has 16 heavy (non-hydrogen) atoms. The van der Waals surface area contributed by atoms with Crippen LogP contribution in [0.2, 0.25) is 0 Å². The molecule has 0 saturated heterocycles. The van der Waals surface area contributed by atoms with E-state index in [-0.39, 0.29) is 23.8 Å². The van der Waals surface area contributed by atoms with E-state index in [2.05, 4.69) is 5.32 Å². The Hall–Kier alpha value is -2.04. The maximum atomic E-state index is 11.4. The molecule has 1 amide bonds. The van der Waals surface area contributed by atoms with E-state index in [4.69, 9.17) is 4.74 Å². The first-order valence-corrected chi connectivity index (χ1v) is 4.82. The number of carbonyl (C=O) groups excluding carboxylic acids is 2. The van der Waals surface area contributed by atoms with Crippen molar-refractivity contribution in [1.29, 1.82) is 0 Å². The molecule has 5 nitrogen and oxygen atoms in total. The highest BCUT2D eigenvalue weighted by Crippen LogP contribution is 2.19. The number of ether oxygens (including phenoxy) is 1. The van der Waals surface area contributed by atoms with Crippen molar-refractivity contribution in [2.45, 2.75) is 6.92 Å². The smallest absolute Gasteiger partial charge is 0.341 e. The van der Waals surface area contributed by atoms with Crippen LogP contribution in [0.15, 0.2) is 18.2 Å². The summed E-state index contributed by atoms with van der Waals surface area (Å²) in [4.78, 5) is 22.7. The molecule has 0 saturated carbocycles. The van der Waals surface area contributed by atoms with E-state index in [9.17, 15) is 14.7 Å². The highest BCUT2D eigenvalue weighted by molar-refractivity contribution is 5.99. The van der Waals surface area contributed by atoms with E-state index in [1.165, 1.54) is 25.2 Å². The Bertz CT molecular complexity index is 414. The van der Waals surface area contributed by atoms with Gasteiger partial charge in [-0.3, -0.25) is 4.79 Å². The zero-order chi connectivity index (χ0) is 12.1. The molecule has 1 rings (SSSR count). The molecule has 0 bridgehead atoms. The van der Waals surface area contributed by atoms with Crippen molar-refractivity contribution in [3.63, 3.8) is 0 Å². The molecule has 1 aromatic carbocycles. The van der Waals surface area contributed by atoms with E-state index >= 15 is 0 Å². The van der Waals surface area contributed by atoms with Crippen LogP contribution < -0.4 is 5.32 Å². The average molecular weight is 223 g/mol. The number of benzene rings is 1. The number of carbonyl (C=O) groups is 2. The molecule has 0 fully saturated rings. The summed E-state index contributed by atoms with van der Waals surface area (Å²) in [6.07, 6.45) is 0. The zero-order valence-corrected chi connectivity index (χ0v) is 9.11. The first-order chi connectivity index (χ1) is 7.60. The van der Waals surface area contributed by atoms with Gasteiger partial charge in [0.05, 0.1) is 6.61 Å². The van der Waals surface area contributed by atoms with Gasteiger partial charge in [0.1, 0.15) is 11.3 Å². The lowest BCUT2D eigenvalue weighted by molar-refractivity contribution is 0.0523. The quantitative estimate of drug-likeness (QED) is 0.747. The summed E-state index contributed by atoms with van der Waals surface area (Å²) in [6, 6.07) is 4.01. The predicted molar refractivity (Wildman–Crippen MR) is 57.5 cm³/mol. The number of amides is 1. The lowest BCUT2D eigenvalue weighted by atomic mass is 10.1. The first kappa shape index (κ1) is 12.0. The molecule has 0 aliphatic carbocycles. The third-order valence-electron chi connectivity index (χ3n) is 1.98. The second-order valence-corrected chi connectivity index (χ2v) is 3.03. The third kappa shape index (κ3) is 2.50. The molecule has 0 heterocycles. The van der Waals surface area contributed by atoms with Gasteiger partial charge in [-0.05, 0) is 25.1 Å². The molecule has 0 aromatic heterocycles. The molecule has 0 spiro atoms. The number of esters is 1. The van der Waals surface area contributed by atoms with Crippen molar-refractivity contribution in [3.8, 4) is 5.75 Å². The molecule has 0 radical (unpaired) electrons. The number of aromatic hydroxyl groups is 1. The van der Waals surface area contributed by atoms with Crippen LogP contribution in [0.5, 0.6) is 5.75 Å². The van der Waals surface area contributed by atoms with Crippen molar-refractivity contribution in [3.05, 3.63) is 29.3 Å². The minimum Gasteiger partial charge on any atom is -0.507 e. The summed E-state index contributed by atoms with van der Waals surface area (Å²) in [5.74, 6) is -1.18. The fourth-order valence-electron chi connectivity index (χ4n) is 1.19. The van der Waals surface area contributed by atoms with Crippen LogP contribution in [0.1, 0.15) is 27.6 Å². The van der Waals surface area contributed by atoms with Crippen LogP contribution in [-0.4, -0.2) is 30.6 Å². The highest BCUT2D eigenvalue weighted by atomic mass is 16.5. The summed E-state index contributed by atoms with van der Waals surface area (Å²) in [5, 5.41) is 11.9. The topological polar surface area (TPSA) is 75.6 Å². The van der Waals surface area contributed by atoms with Gasteiger partial charge in [0.2, 0.25) is 0 Å². The lowest BCUT2D eigenvalue weighted by Gasteiger charge is -2.06. The maximum absolute atomic E-state index is 11.4. The lowest BCUT2D eigenvalue weighted by Crippen LogP contribution is -2.18. The monoisotopic (exact) mass is 223 g/mol. The number of phenols is 1. The van der Waals surface area contributed by atoms with E-state index in [1.807, 2.05) is 0 Å². The Kier molecular flexibility index (Phi) is 3.88. The number of phenolic OH excluding ortho intramolecular Hbond substituents is 1. The summed E-state index contributed by atoms with van der Waals surface area (Å²) in [6.45, 7) is 1.88. The summed E-state index contributed by atoms with van der Waals surface area (Å²) in [5.41, 5.74) is 0.284. The molecule has 5 heteroatoms. The van der Waals surface area contributed by atoms with Gasteiger partial charge in [-0.25, -0.2) is 4.79 Å². The normalized spacial score (nSPS) is 9.62. The molecule has 2 N–H and O–H groups in total. The molecule has 0 aliphatic heterocycles. The molecule has 0 unspecified atom stereocenters. The van der Waals surface area contributed by atoms with Crippen molar-refractivity contribution >= 4 is 11.9 Å². The van der Waals surface area contributed by atoms with Gasteiger partial charge in [-0.15, -0.1) is 0 Å². The van der Waals surface area contributed by atoms with Crippen LogP contribution in [-0.2, 0) is 4.74 Å². The Balaban J connectivity index is 3.08. The highest BCUT2D eigenvalue weighted by Gasteiger charge is 2.15. The van der Waals surface area contributed by atoms with E-state index in [0.717, 1.165) is 0 Å². The zero-order valence-electron chi connectivity index (χ0n) is 9.11. The number of nitrogens with one attached hydrogen (secondary N) is 1. The number of rotatable bonds is 3. The number of hydrogen-bond donors (Lipinski definition) is 2. The van der Waals surface area contributed by atoms with Crippen LogP contribution in [0, 0.1) is 0 Å². The molecular formula is C11H13NO4. The van der Waals surface area contributed by atoms with Crippen LogP contribution >= 0.6 is 0 Å². The Labute approximate surface area is 93.0 Å². The fraction of sp³-hybridized carbons (Fsp3) is 0.273. The SMILES string of the molecule is CCOC(=O)c1cc(C(=O)NC)ccc1O. The Morgan fingerprint density at radius 1 is 1.44 bits per heavy atom. The van der Waals surface area contributed by atoms with Crippen LogP contribution in [0.25, 0.3) is 0 Å². The summed E-state index contributed by atoms with van der Waals surface area (Å²) in [7, 11) is 1.49. The van der Waals surface area contributed by atoms with Crippen LogP contribution in [0.3, 0.4) is 0 Å². The minimum absolute atomic E-state index is 0.0112. The van der Waals surface area contributed by atoms with Crippen molar-refractivity contribution in [1.82, 2.24) is 5.32 Å². The van der Waals surface area contributed by atoms with Gasteiger partial charge in [0.15, 0.2) is 0 Å². The van der Waals surface area contributed by atoms with Crippen molar-refractivity contribution in [2.75, 3.05) is 13.7 Å². The molecular weight excluding hydrogens is 210 g/mol. The van der Waals surface area contributed by atoms with E-state index < -0.39 is 5.97 Å². The maximum Gasteiger partial charge on any atom is 0.341 e. The fourth-order valence-corrected chi connectivity index (χ4v) is 1.19. The van der Waals surface area contributed by atoms with Gasteiger partial charge >= 0.3 is 5.97 Å². The second-order valence-electron chi connectivity index (χ2n) is 3.03. The largest absolute Gasteiger partial charge is 0.507 e. The molecule has 0 aliphatic rings. The van der Waals surface area contributed by atoms with Gasteiger partial charge < -0.3 is 15.2 Å². The van der Waals surface area contributed by atoms with Gasteiger partial charge in [0, 0.05) is 12.6 Å². The minimum atomic E-state index is -0.647. The molecule has 1 aromatic rings. The first-order valence-electron chi connectivity index (χ1n) is 4.82. The van der Waals surface area contributed by atoms with Gasteiger partial charge in [-0.2, -0.15) is 0 Å². The Morgan fingerprint density at radius 2 is 2.12 bits per heavy atom. The molecule has 86 valence electrons. The van der Waals surface area contributed by atoms with E-state index in [1.54, 1.807) is 6.92 Å². The Morgan fingerprint density at radius 3 is 2.69 bits per heavy atom. The number of hydrogen-bond acceptors (Lipinski definition) is 4. The van der Waals surface area contributed by atoms with Gasteiger partial charge in [-0.1, -0.05) is 0 Å². The predicted octanol–water partition coefficient (Wildman–Crippen LogP) is 0.928. The second kappa shape index (κ2) is 5.16.